The van der Waals surface area contributed by atoms with Gasteiger partial charge in [-0.15, -0.1) is 11.3 Å². The Hall–Kier alpha value is -0.585. The zero-order chi connectivity index (χ0) is 16.0. The third-order valence-corrected chi connectivity index (χ3v) is 5.96. The Morgan fingerprint density at radius 1 is 1.19 bits per heavy atom. The second-order valence-electron chi connectivity index (χ2n) is 7.00. The smallest absolute Gasteiger partial charge is 0.398 e. The van der Waals surface area contributed by atoms with E-state index < -0.39 is 0 Å². The van der Waals surface area contributed by atoms with Crippen LogP contribution in [-0.2, 0) is 9.31 Å². The van der Waals surface area contributed by atoms with Crippen molar-refractivity contribution >= 4 is 29.2 Å². The van der Waals surface area contributed by atoms with Crippen LogP contribution in [0, 0.1) is 0 Å². The fraction of sp³-hybridized carbons (Fsp3) is 0.800. The largest absolute Gasteiger partial charge is 0.515 e. The minimum atomic E-state index is -0.373. The van der Waals surface area contributed by atoms with Crippen molar-refractivity contribution in [3.8, 4) is 0 Å². The van der Waals surface area contributed by atoms with E-state index >= 15 is 0 Å². The summed E-state index contributed by atoms with van der Waals surface area (Å²) >= 11 is 1.74. The Kier molecular flexibility index (Phi) is 4.44. The minimum Gasteiger partial charge on any atom is -0.398 e. The highest BCUT2D eigenvalue weighted by Gasteiger charge is 2.53. The van der Waals surface area contributed by atoms with Gasteiger partial charge in [0.2, 0.25) is 0 Å². The molecule has 118 valence electrons. The molecule has 0 N–H and O–H groups in total. The predicted octanol–water partition coefficient (Wildman–Crippen LogP) is 3.02. The first kappa shape index (κ1) is 16.8. The van der Waals surface area contributed by atoms with E-state index in [0.29, 0.717) is 5.92 Å². The molecule has 21 heavy (non-hydrogen) atoms. The van der Waals surface area contributed by atoms with Gasteiger partial charge in [-0.05, 0) is 40.5 Å². The number of thiazole rings is 1. The molecule has 2 rings (SSSR count). The van der Waals surface area contributed by atoms with Gasteiger partial charge in [0, 0.05) is 18.5 Å². The van der Waals surface area contributed by atoms with Gasteiger partial charge in [0.05, 0.1) is 16.8 Å². The number of hydrogen-bond acceptors (Lipinski definition) is 5. The topological polar surface area (TPSA) is 34.6 Å². The van der Waals surface area contributed by atoms with Crippen LogP contribution >= 0.6 is 11.3 Å². The average molecular weight is 310 g/mol. The van der Waals surface area contributed by atoms with Gasteiger partial charge >= 0.3 is 7.12 Å². The summed E-state index contributed by atoms with van der Waals surface area (Å²) in [5.41, 5.74) is 0.294. The molecule has 4 nitrogen and oxygen atoms in total. The first-order valence-corrected chi connectivity index (χ1v) is 8.48. The highest BCUT2D eigenvalue weighted by Crippen LogP contribution is 2.38. The van der Waals surface area contributed by atoms with Crippen molar-refractivity contribution in [3.63, 3.8) is 0 Å². The van der Waals surface area contributed by atoms with Gasteiger partial charge in [-0.2, -0.15) is 0 Å². The van der Waals surface area contributed by atoms with Crippen molar-refractivity contribution in [2.45, 2.75) is 65.6 Å². The van der Waals surface area contributed by atoms with Crippen LogP contribution in [-0.4, -0.2) is 36.9 Å². The molecule has 0 radical (unpaired) electrons. The lowest BCUT2D eigenvalue weighted by molar-refractivity contribution is 0.00578. The van der Waals surface area contributed by atoms with Gasteiger partial charge in [-0.1, -0.05) is 13.8 Å². The van der Waals surface area contributed by atoms with Crippen molar-refractivity contribution < 1.29 is 9.31 Å². The van der Waals surface area contributed by atoms with Gasteiger partial charge in [0.25, 0.3) is 0 Å². The molecule has 0 atom stereocenters. The molecule has 1 aromatic rings. The van der Waals surface area contributed by atoms with E-state index in [1.807, 2.05) is 0 Å². The van der Waals surface area contributed by atoms with Crippen molar-refractivity contribution in [2.24, 2.45) is 0 Å². The highest BCUT2D eigenvalue weighted by atomic mass is 32.1. The van der Waals surface area contributed by atoms with Gasteiger partial charge in [-0.3, -0.25) is 0 Å². The molecule has 2 heterocycles. The van der Waals surface area contributed by atoms with Crippen molar-refractivity contribution in [2.75, 3.05) is 18.5 Å². The standard InChI is InChI=1S/C15H27BN2O2S/c1-9-18(8)13-17-12(11(21-13)10(2)3)16-19-14(4,5)15(6,7)20-16/h10H,9H2,1-8H3. The van der Waals surface area contributed by atoms with Gasteiger partial charge in [0.1, 0.15) is 0 Å². The quantitative estimate of drug-likeness (QED) is 0.801. The maximum absolute atomic E-state index is 6.17. The molecule has 1 saturated heterocycles. The summed E-state index contributed by atoms with van der Waals surface area (Å²) in [5, 5.41) is 1.03. The number of rotatable bonds is 4. The van der Waals surface area contributed by atoms with E-state index in [9.17, 15) is 0 Å². The Morgan fingerprint density at radius 3 is 2.14 bits per heavy atom. The monoisotopic (exact) mass is 310 g/mol. The summed E-state index contributed by atoms with van der Waals surface area (Å²) in [6.07, 6.45) is 0. The van der Waals surface area contributed by atoms with E-state index in [0.717, 1.165) is 17.3 Å². The first-order valence-electron chi connectivity index (χ1n) is 7.66. The fourth-order valence-corrected chi connectivity index (χ4v) is 3.28. The van der Waals surface area contributed by atoms with Crippen LogP contribution in [0.4, 0.5) is 5.13 Å². The van der Waals surface area contributed by atoms with E-state index in [1.165, 1.54) is 4.88 Å². The summed E-state index contributed by atoms with van der Waals surface area (Å²) in [6.45, 7) is 15.8. The molecule has 1 aliphatic heterocycles. The number of nitrogens with zero attached hydrogens (tertiary/aromatic N) is 2. The van der Waals surface area contributed by atoms with E-state index in [4.69, 9.17) is 14.3 Å². The molecule has 1 aliphatic rings. The van der Waals surface area contributed by atoms with Gasteiger partial charge in [-0.25, -0.2) is 4.98 Å². The third kappa shape index (κ3) is 2.98. The molecular formula is C15H27BN2O2S. The van der Waals surface area contributed by atoms with Gasteiger partial charge in [0.15, 0.2) is 5.13 Å². The van der Waals surface area contributed by atoms with Crippen LogP contribution in [0.1, 0.15) is 59.3 Å². The van der Waals surface area contributed by atoms with Gasteiger partial charge < -0.3 is 14.2 Å². The van der Waals surface area contributed by atoms with Crippen LogP contribution in [0.15, 0.2) is 0 Å². The summed E-state index contributed by atoms with van der Waals surface area (Å²) in [6, 6.07) is 0. The lowest BCUT2D eigenvalue weighted by Crippen LogP contribution is -2.41. The molecule has 6 heteroatoms. The lowest BCUT2D eigenvalue weighted by Gasteiger charge is -2.32. The van der Waals surface area contributed by atoms with E-state index in [-0.39, 0.29) is 18.3 Å². The maximum atomic E-state index is 6.17. The lowest BCUT2D eigenvalue weighted by atomic mass is 9.82. The zero-order valence-corrected chi connectivity index (χ0v) is 15.3. The number of anilines is 1. The van der Waals surface area contributed by atoms with Crippen molar-refractivity contribution in [1.29, 1.82) is 0 Å². The zero-order valence-electron chi connectivity index (χ0n) is 14.5. The molecule has 0 aliphatic carbocycles. The maximum Gasteiger partial charge on any atom is 0.515 e. The molecule has 0 unspecified atom stereocenters. The molecule has 1 aromatic heterocycles. The normalized spacial score (nSPS) is 20.3. The average Bonchev–Trinajstić information content (AvgIpc) is 2.88. The summed E-state index contributed by atoms with van der Waals surface area (Å²) in [4.78, 5) is 8.22. The first-order chi connectivity index (χ1) is 9.59. The Bertz CT molecular complexity index is 498. The van der Waals surface area contributed by atoms with Crippen molar-refractivity contribution in [1.82, 2.24) is 4.98 Å². The molecule has 1 fully saturated rings. The Balaban J connectivity index is 2.38. The number of aromatic nitrogens is 1. The Morgan fingerprint density at radius 2 is 1.71 bits per heavy atom. The SMILES string of the molecule is CCN(C)c1nc(B2OC(C)(C)C(C)(C)O2)c(C(C)C)s1. The minimum absolute atomic E-state index is 0.327. The summed E-state index contributed by atoms with van der Waals surface area (Å²) < 4.78 is 12.3. The highest BCUT2D eigenvalue weighted by molar-refractivity contribution is 7.16. The van der Waals surface area contributed by atoms with Crippen LogP contribution < -0.4 is 10.5 Å². The van der Waals surface area contributed by atoms with E-state index in [1.54, 1.807) is 11.3 Å². The Labute approximate surface area is 133 Å². The van der Waals surface area contributed by atoms with Crippen LogP contribution in [0.25, 0.3) is 0 Å². The molecule has 0 amide bonds. The van der Waals surface area contributed by atoms with Crippen molar-refractivity contribution in [3.05, 3.63) is 4.88 Å². The summed E-state index contributed by atoms with van der Waals surface area (Å²) in [5.74, 6) is 0.413. The third-order valence-electron chi connectivity index (χ3n) is 4.47. The molecular weight excluding hydrogens is 283 g/mol. The fourth-order valence-electron chi connectivity index (χ4n) is 2.17. The predicted molar refractivity (Wildman–Crippen MR) is 90.9 cm³/mol. The second-order valence-corrected chi connectivity index (χ2v) is 8.01. The molecule has 0 aromatic carbocycles. The van der Waals surface area contributed by atoms with Crippen LogP contribution in [0.2, 0.25) is 0 Å². The molecule has 0 bridgehead atoms. The van der Waals surface area contributed by atoms with E-state index in [2.05, 4.69) is 60.4 Å². The van der Waals surface area contributed by atoms with Crippen LogP contribution in [0.5, 0.6) is 0 Å². The van der Waals surface area contributed by atoms with Crippen LogP contribution in [0.3, 0.4) is 0 Å². The molecule has 0 spiro atoms. The second kappa shape index (κ2) is 5.56. The summed E-state index contributed by atoms with van der Waals surface area (Å²) in [7, 11) is 1.69. The molecule has 0 saturated carbocycles. The number of hydrogen-bond donors (Lipinski definition) is 0.